The van der Waals surface area contributed by atoms with E-state index in [4.69, 9.17) is 9.47 Å². The van der Waals surface area contributed by atoms with Gasteiger partial charge in [-0.25, -0.2) is 0 Å². The molecule has 0 unspecified atom stereocenters. The topological polar surface area (TPSA) is 42.9 Å². The highest BCUT2D eigenvalue weighted by atomic mass is 16.5. The van der Waals surface area contributed by atoms with Gasteiger partial charge in [0.2, 0.25) is 0 Å². The van der Waals surface area contributed by atoms with Crippen LogP contribution in [0, 0.1) is 0 Å². The van der Waals surface area contributed by atoms with Crippen molar-refractivity contribution >= 4 is 33.0 Å². The van der Waals surface area contributed by atoms with Crippen LogP contribution in [0.4, 0.5) is 0 Å². The average Bonchev–Trinajstić information content (AvgIpc) is 2.80. The number of hydrogen-bond acceptors (Lipinski definition) is 4. The molecule has 0 aliphatic heterocycles. The van der Waals surface area contributed by atoms with Gasteiger partial charge in [0.1, 0.15) is 11.5 Å². The molecule has 0 amide bonds. The number of fused-ring (bicyclic) bond motifs is 2. The number of ether oxygens (including phenoxy) is 2. The molecule has 1 N–H and O–H groups in total. The highest BCUT2D eigenvalue weighted by molar-refractivity contribution is 6.02. The Morgan fingerprint density at radius 3 is 1.73 bits per heavy atom. The van der Waals surface area contributed by atoms with Crippen molar-refractivity contribution < 1.29 is 9.47 Å². The van der Waals surface area contributed by atoms with Crippen LogP contribution in [0.2, 0.25) is 0 Å². The lowest BCUT2D eigenvalue weighted by atomic mass is 10.0. The van der Waals surface area contributed by atoms with Crippen LogP contribution >= 0.6 is 0 Å². The molecule has 0 atom stereocenters. The fourth-order valence-electron chi connectivity index (χ4n) is 3.39. The molecule has 30 heavy (non-hydrogen) atoms. The van der Waals surface area contributed by atoms with E-state index in [1.54, 1.807) is 14.2 Å². The Kier molecular flexibility index (Phi) is 5.40. The summed E-state index contributed by atoms with van der Waals surface area (Å²) in [5.41, 5.74) is 6.79. The maximum atomic E-state index is 5.30. The van der Waals surface area contributed by atoms with Crippen LogP contribution in [-0.4, -0.2) is 19.9 Å². The summed E-state index contributed by atoms with van der Waals surface area (Å²) in [4.78, 5) is 0. The van der Waals surface area contributed by atoms with Gasteiger partial charge in [-0.3, -0.25) is 5.43 Å². The number of nitrogens with zero attached hydrogens (tertiary/aromatic N) is 1. The summed E-state index contributed by atoms with van der Waals surface area (Å²) in [5, 5.41) is 9.07. The lowest BCUT2D eigenvalue weighted by Gasteiger charge is -2.10. The van der Waals surface area contributed by atoms with E-state index < -0.39 is 0 Å². The van der Waals surface area contributed by atoms with E-state index in [1.807, 2.05) is 43.3 Å². The van der Waals surface area contributed by atoms with Crippen molar-refractivity contribution in [2.45, 2.75) is 6.92 Å². The molecule has 0 spiro atoms. The van der Waals surface area contributed by atoms with E-state index in [1.165, 1.54) is 0 Å². The molecule has 0 saturated heterocycles. The molecule has 0 aliphatic carbocycles. The molecule has 0 bridgehead atoms. The Morgan fingerprint density at radius 2 is 1.17 bits per heavy atom. The summed E-state index contributed by atoms with van der Waals surface area (Å²) in [6, 6.07) is 24.5. The van der Waals surface area contributed by atoms with Crippen LogP contribution in [0.25, 0.3) is 27.2 Å². The number of nitrogens with one attached hydrogen (secondary N) is 1. The van der Waals surface area contributed by atoms with Gasteiger partial charge in [0.15, 0.2) is 0 Å². The average molecular weight is 396 g/mol. The Balaban J connectivity index is 1.53. The molecule has 0 aromatic heterocycles. The maximum Gasteiger partial charge on any atom is 0.119 e. The van der Waals surface area contributed by atoms with Crippen LogP contribution in [0.5, 0.6) is 11.5 Å². The van der Waals surface area contributed by atoms with Gasteiger partial charge in [0.25, 0.3) is 0 Å². The third-order valence-corrected chi connectivity index (χ3v) is 5.22. The van der Waals surface area contributed by atoms with Crippen LogP contribution in [-0.2, 0) is 0 Å². The van der Waals surface area contributed by atoms with Gasteiger partial charge in [0, 0.05) is 0 Å². The highest BCUT2D eigenvalue weighted by Gasteiger charge is 2.04. The van der Waals surface area contributed by atoms with E-state index in [0.717, 1.165) is 55.6 Å². The molecule has 0 heterocycles. The molecule has 0 saturated carbocycles. The summed E-state index contributed by atoms with van der Waals surface area (Å²) in [7, 11) is 3.35. The summed E-state index contributed by atoms with van der Waals surface area (Å²) in [6.07, 6.45) is 0. The van der Waals surface area contributed by atoms with Crippen molar-refractivity contribution in [1.82, 2.24) is 5.43 Å². The summed E-state index contributed by atoms with van der Waals surface area (Å²) >= 11 is 0. The van der Waals surface area contributed by atoms with E-state index in [2.05, 4.69) is 53.5 Å². The predicted molar refractivity (Wildman–Crippen MR) is 125 cm³/mol. The summed E-state index contributed by atoms with van der Waals surface area (Å²) < 4.78 is 10.6. The largest absolute Gasteiger partial charge is 0.497 e. The first kappa shape index (κ1) is 19.5. The van der Waals surface area contributed by atoms with Gasteiger partial charge in [-0.1, -0.05) is 43.0 Å². The van der Waals surface area contributed by atoms with E-state index in [0.29, 0.717) is 0 Å². The number of benzene rings is 4. The molecule has 4 nitrogen and oxygen atoms in total. The van der Waals surface area contributed by atoms with Crippen molar-refractivity contribution in [3.8, 4) is 11.5 Å². The Hall–Kier alpha value is -3.79. The predicted octanol–water partition coefficient (Wildman–Crippen LogP) is 5.99. The van der Waals surface area contributed by atoms with Gasteiger partial charge in [-0.05, 0) is 76.0 Å². The number of methoxy groups -OCH3 is 2. The minimum Gasteiger partial charge on any atom is -0.497 e. The zero-order valence-electron chi connectivity index (χ0n) is 17.4. The first-order valence-electron chi connectivity index (χ1n) is 9.73. The number of rotatable bonds is 6. The second-order valence-electron chi connectivity index (χ2n) is 7.14. The lowest BCUT2D eigenvalue weighted by molar-refractivity contribution is 0.415. The number of hydrazone groups is 1. The molecular formula is C26H24N2O2. The lowest BCUT2D eigenvalue weighted by Crippen LogP contribution is -2.07. The van der Waals surface area contributed by atoms with Crippen molar-refractivity contribution in [3.63, 3.8) is 0 Å². The maximum absolute atomic E-state index is 5.30. The van der Waals surface area contributed by atoms with Crippen LogP contribution in [0.1, 0.15) is 18.1 Å². The summed E-state index contributed by atoms with van der Waals surface area (Å²) in [5.74, 6) is 1.70. The SMILES string of the molecule is C=C(N/N=C(\C)c1ccc2cc(OC)ccc2c1)c1ccc2cc(OC)ccc2c1. The normalized spacial score (nSPS) is 11.5. The zero-order valence-corrected chi connectivity index (χ0v) is 17.4. The Labute approximate surface area is 176 Å². The zero-order chi connectivity index (χ0) is 21.1. The van der Waals surface area contributed by atoms with Gasteiger partial charge >= 0.3 is 0 Å². The van der Waals surface area contributed by atoms with Crippen molar-refractivity contribution in [3.05, 3.63) is 90.5 Å². The van der Waals surface area contributed by atoms with Crippen molar-refractivity contribution in [1.29, 1.82) is 0 Å². The third-order valence-electron chi connectivity index (χ3n) is 5.22. The monoisotopic (exact) mass is 396 g/mol. The smallest absolute Gasteiger partial charge is 0.119 e. The first-order valence-corrected chi connectivity index (χ1v) is 9.73. The second kappa shape index (κ2) is 8.29. The molecule has 0 aliphatic rings. The van der Waals surface area contributed by atoms with E-state index >= 15 is 0 Å². The van der Waals surface area contributed by atoms with Gasteiger partial charge < -0.3 is 9.47 Å². The fourth-order valence-corrected chi connectivity index (χ4v) is 3.39. The number of hydrogen-bond donors (Lipinski definition) is 1. The van der Waals surface area contributed by atoms with Crippen LogP contribution < -0.4 is 14.9 Å². The van der Waals surface area contributed by atoms with Crippen molar-refractivity contribution in [2.24, 2.45) is 5.10 Å². The molecule has 0 fully saturated rings. The van der Waals surface area contributed by atoms with Crippen LogP contribution in [0.3, 0.4) is 0 Å². The standard InChI is InChI=1S/C26H24N2O2/c1-17(19-5-7-23-15-25(29-3)11-9-21(23)13-19)27-28-18(2)20-6-8-24-16-26(30-4)12-10-22(24)14-20/h5-16,27H,1H2,2-4H3/b28-18+. The van der Waals surface area contributed by atoms with E-state index in [9.17, 15) is 0 Å². The molecule has 4 aromatic carbocycles. The highest BCUT2D eigenvalue weighted by Crippen LogP contribution is 2.24. The van der Waals surface area contributed by atoms with Gasteiger partial charge in [-0.15, -0.1) is 0 Å². The third kappa shape index (κ3) is 3.98. The molecular weight excluding hydrogens is 372 g/mol. The molecule has 4 aromatic rings. The summed E-state index contributed by atoms with van der Waals surface area (Å²) in [6.45, 7) is 6.13. The minimum absolute atomic E-state index is 0.748. The molecule has 4 rings (SSSR count). The minimum atomic E-state index is 0.748. The molecule has 0 radical (unpaired) electrons. The molecule has 150 valence electrons. The van der Waals surface area contributed by atoms with Crippen molar-refractivity contribution in [2.75, 3.05) is 14.2 Å². The van der Waals surface area contributed by atoms with E-state index in [-0.39, 0.29) is 0 Å². The Morgan fingerprint density at radius 1 is 0.700 bits per heavy atom. The van der Waals surface area contributed by atoms with Gasteiger partial charge in [-0.2, -0.15) is 5.10 Å². The quantitative estimate of drug-likeness (QED) is 0.321. The first-order chi connectivity index (χ1) is 14.6. The fraction of sp³-hybridized carbons (Fsp3) is 0.115. The Bertz CT molecular complexity index is 1270. The second-order valence-corrected chi connectivity index (χ2v) is 7.14. The van der Waals surface area contributed by atoms with Crippen LogP contribution in [0.15, 0.2) is 84.5 Å². The molecule has 4 heteroatoms. The van der Waals surface area contributed by atoms with Gasteiger partial charge in [0.05, 0.1) is 25.6 Å².